The van der Waals surface area contributed by atoms with Gasteiger partial charge in [-0.15, -0.1) is 0 Å². The molecule has 1 fully saturated rings. The van der Waals surface area contributed by atoms with Crippen LogP contribution >= 0.6 is 0 Å². The number of hydrogen-bond acceptors (Lipinski definition) is 3. The van der Waals surface area contributed by atoms with Crippen molar-refractivity contribution >= 4 is 5.91 Å². The summed E-state index contributed by atoms with van der Waals surface area (Å²) < 4.78 is 5.48. The van der Waals surface area contributed by atoms with Crippen molar-refractivity contribution in [2.24, 2.45) is 0 Å². The lowest BCUT2D eigenvalue weighted by Gasteiger charge is -2.09. The van der Waals surface area contributed by atoms with Crippen LogP contribution in [-0.2, 0) is 4.74 Å². The molecule has 1 aromatic rings. The first-order chi connectivity index (χ1) is 7.86. The van der Waals surface area contributed by atoms with Crippen LogP contribution < -0.4 is 5.32 Å². The number of amides is 1. The van der Waals surface area contributed by atoms with Crippen molar-refractivity contribution in [1.82, 2.24) is 10.3 Å². The van der Waals surface area contributed by atoms with E-state index >= 15 is 0 Å². The van der Waals surface area contributed by atoms with E-state index in [2.05, 4.69) is 10.3 Å². The van der Waals surface area contributed by atoms with Crippen LogP contribution in [0.5, 0.6) is 0 Å². The Balaban J connectivity index is 1.71. The summed E-state index contributed by atoms with van der Waals surface area (Å²) in [5.74, 6) is -0.0638. The number of aromatic nitrogens is 1. The summed E-state index contributed by atoms with van der Waals surface area (Å²) in [6, 6.07) is 3.52. The van der Waals surface area contributed by atoms with Crippen molar-refractivity contribution in [3.8, 4) is 0 Å². The number of carbonyl (C=O) groups excluding carboxylic acids is 1. The van der Waals surface area contributed by atoms with Crippen LogP contribution in [0.4, 0.5) is 0 Å². The Morgan fingerprint density at radius 1 is 1.62 bits per heavy atom. The number of pyridine rings is 1. The average Bonchev–Trinajstić information content (AvgIpc) is 2.83. The number of nitrogens with zero attached hydrogens (tertiary/aromatic N) is 1. The second-order valence-electron chi connectivity index (χ2n) is 3.92. The van der Waals surface area contributed by atoms with E-state index in [9.17, 15) is 4.79 Å². The largest absolute Gasteiger partial charge is 0.378 e. The highest BCUT2D eigenvalue weighted by atomic mass is 16.5. The highest BCUT2D eigenvalue weighted by molar-refractivity contribution is 5.93. The highest BCUT2D eigenvalue weighted by Crippen LogP contribution is 2.14. The van der Waals surface area contributed by atoms with E-state index in [1.807, 2.05) is 0 Å². The molecule has 2 rings (SSSR count). The van der Waals surface area contributed by atoms with Gasteiger partial charge in [0.2, 0.25) is 0 Å². The van der Waals surface area contributed by atoms with Gasteiger partial charge < -0.3 is 10.1 Å². The summed E-state index contributed by atoms with van der Waals surface area (Å²) in [6.45, 7) is 1.53. The summed E-state index contributed by atoms with van der Waals surface area (Å²) in [5.41, 5.74) is 0.606. The molecule has 1 aliphatic rings. The molecule has 2 heterocycles. The number of nitrogens with one attached hydrogen (secondary N) is 1. The SMILES string of the molecule is O=C(NCCC1CCCO1)c1cccnc1. The van der Waals surface area contributed by atoms with Gasteiger partial charge in [-0.25, -0.2) is 0 Å². The molecule has 0 aromatic carbocycles. The topological polar surface area (TPSA) is 51.2 Å². The minimum atomic E-state index is -0.0638. The number of hydrogen-bond donors (Lipinski definition) is 1. The molecule has 1 atom stereocenters. The zero-order valence-electron chi connectivity index (χ0n) is 9.19. The van der Waals surface area contributed by atoms with Gasteiger partial charge in [0.25, 0.3) is 5.91 Å². The maximum absolute atomic E-state index is 11.6. The first kappa shape index (κ1) is 11.1. The predicted molar refractivity (Wildman–Crippen MR) is 60.2 cm³/mol. The van der Waals surface area contributed by atoms with Gasteiger partial charge in [-0.05, 0) is 31.4 Å². The molecule has 1 saturated heterocycles. The molecule has 4 heteroatoms. The molecule has 0 saturated carbocycles. The Labute approximate surface area is 95.0 Å². The summed E-state index contributed by atoms with van der Waals surface area (Å²) in [7, 11) is 0. The zero-order chi connectivity index (χ0) is 11.2. The van der Waals surface area contributed by atoms with Crippen LogP contribution in [0.2, 0.25) is 0 Å². The molecule has 1 amide bonds. The van der Waals surface area contributed by atoms with E-state index in [1.165, 1.54) is 0 Å². The van der Waals surface area contributed by atoms with Crippen LogP contribution in [0.1, 0.15) is 29.6 Å². The van der Waals surface area contributed by atoms with Gasteiger partial charge in [-0.3, -0.25) is 9.78 Å². The third-order valence-electron chi connectivity index (χ3n) is 2.70. The lowest BCUT2D eigenvalue weighted by atomic mass is 10.2. The van der Waals surface area contributed by atoms with Crippen molar-refractivity contribution in [3.05, 3.63) is 30.1 Å². The van der Waals surface area contributed by atoms with Crippen molar-refractivity contribution in [3.63, 3.8) is 0 Å². The molecule has 0 spiro atoms. The van der Waals surface area contributed by atoms with Gasteiger partial charge in [-0.2, -0.15) is 0 Å². The fourth-order valence-corrected chi connectivity index (χ4v) is 1.82. The van der Waals surface area contributed by atoms with Crippen LogP contribution in [0.3, 0.4) is 0 Å². The van der Waals surface area contributed by atoms with Crippen molar-refractivity contribution in [1.29, 1.82) is 0 Å². The van der Waals surface area contributed by atoms with Crippen molar-refractivity contribution in [2.75, 3.05) is 13.2 Å². The summed E-state index contributed by atoms with van der Waals surface area (Å²) >= 11 is 0. The summed E-state index contributed by atoms with van der Waals surface area (Å²) in [5, 5.41) is 2.87. The summed E-state index contributed by atoms with van der Waals surface area (Å²) in [6.07, 6.45) is 6.70. The van der Waals surface area contributed by atoms with E-state index in [0.29, 0.717) is 18.2 Å². The maximum atomic E-state index is 11.6. The molecule has 1 N–H and O–H groups in total. The Morgan fingerprint density at radius 2 is 2.56 bits per heavy atom. The van der Waals surface area contributed by atoms with Crippen LogP contribution in [-0.4, -0.2) is 30.1 Å². The Bertz CT molecular complexity index is 334. The Hall–Kier alpha value is -1.42. The third-order valence-corrected chi connectivity index (χ3v) is 2.70. The van der Waals surface area contributed by atoms with Gasteiger partial charge >= 0.3 is 0 Å². The lowest BCUT2D eigenvalue weighted by Crippen LogP contribution is -2.27. The fraction of sp³-hybridized carbons (Fsp3) is 0.500. The van der Waals surface area contributed by atoms with E-state index in [1.54, 1.807) is 24.5 Å². The van der Waals surface area contributed by atoms with E-state index in [4.69, 9.17) is 4.74 Å². The first-order valence-corrected chi connectivity index (χ1v) is 5.66. The molecule has 4 nitrogen and oxygen atoms in total. The Kier molecular flexibility index (Phi) is 3.88. The molecule has 0 radical (unpaired) electrons. The minimum absolute atomic E-state index is 0.0638. The standard InChI is InChI=1S/C12H16N2O2/c15-12(10-3-1-6-13-9-10)14-7-5-11-4-2-8-16-11/h1,3,6,9,11H,2,4-5,7-8H2,(H,14,15). The zero-order valence-corrected chi connectivity index (χ0v) is 9.19. The Morgan fingerprint density at radius 3 is 3.25 bits per heavy atom. The monoisotopic (exact) mass is 220 g/mol. The molecule has 0 aliphatic carbocycles. The molecule has 16 heavy (non-hydrogen) atoms. The van der Waals surface area contributed by atoms with Crippen LogP contribution in [0.15, 0.2) is 24.5 Å². The van der Waals surface area contributed by atoms with Crippen LogP contribution in [0, 0.1) is 0 Å². The number of rotatable bonds is 4. The molecule has 86 valence electrons. The average molecular weight is 220 g/mol. The lowest BCUT2D eigenvalue weighted by molar-refractivity contribution is 0.0907. The van der Waals surface area contributed by atoms with Crippen molar-refractivity contribution in [2.45, 2.75) is 25.4 Å². The molecular formula is C12H16N2O2. The first-order valence-electron chi connectivity index (χ1n) is 5.66. The highest BCUT2D eigenvalue weighted by Gasteiger charge is 2.15. The minimum Gasteiger partial charge on any atom is -0.378 e. The fourth-order valence-electron chi connectivity index (χ4n) is 1.82. The number of ether oxygens (including phenoxy) is 1. The van der Waals surface area contributed by atoms with Crippen molar-refractivity contribution < 1.29 is 9.53 Å². The molecule has 1 aliphatic heterocycles. The van der Waals surface area contributed by atoms with Crippen LogP contribution in [0.25, 0.3) is 0 Å². The molecule has 0 bridgehead atoms. The second kappa shape index (κ2) is 5.61. The van der Waals surface area contributed by atoms with Gasteiger partial charge in [-0.1, -0.05) is 0 Å². The van der Waals surface area contributed by atoms with E-state index in [-0.39, 0.29) is 5.91 Å². The third kappa shape index (κ3) is 3.03. The number of carbonyl (C=O) groups is 1. The van der Waals surface area contributed by atoms with E-state index < -0.39 is 0 Å². The van der Waals surface area contributed by atoms with Gasteiger partial charge in [0.1, 0.15) is 0 Å². The quantitative estimate of drug-likeness (QED) is 0.834. The normalized spacial score (nSPS) is 19.6. The van der Waals surface area contributed by atoms with E-state index in [0.717, 1.165) is 25.9 Å². The summed E-state index contributed by atoms with van der Waals surface area (Å²) in [4.78, 5) is 15.5. The molecule has 1 aromatic heterocycles. The maximum Gasteiger partial charge on any atom is 0.252 e. The molecule has 1 unspecified atom stereocenters. The van der Waals surface area contributed by atoms with Gasteiger partial charge in [0.15, 0.2) is 0 Å². The second-order valence-corrected chi connectivity index (χ2v) is 3.92. The van der Waals surface area contributed by atoms with Gasteiger partial charge in [0, 0.05) is 25.5 Å². The molecular weight excluding hydrogens is 204 g/mol. The van der Waals surface area contributed by atoms with Gasteiger partial charge in [0.05, 0.1) is 11.7 Å². The predicted octanol–water partition coefficient (Wildman–Crippen LogP) is 1.38. The smallest absolute Gasteiger partial charge is 0.252 e.